The van der Waals surface area contributed by atoms with Gasteiger partial charge in [-0.25, -0.2) is 15.0 Å². The molecule has 0 amide bonds. The monoisotopic (exact) mass is 334 g/mol. The summed E-state index contributed by atoms with van der Waals surface area (Å²) in [7, 11) is 0. The Morgan fingerprint density at radius 2 is 1.88 bits per heavy atom. The predicted octanol–water partition coefficient (Wildman–Crippen LogP) is 2.47. The third kappa shape index (κ3) is 2.91. The molecule has 2 aliphatic heterocycles. The number of piperidine rings is 1. The molecule has 0 aliphatic carbocycles. The minimum atomic E-state index is 0.360. The van der Waals surface area contributed by atoms with Gasteiger partial charge in [0.1, 0.15) is 11.9 Å². The van der Waals surface area contributed by atoms with E-state index in [1.165, 1.54) is 0 Å². The summed E-state index contributed by atoms with van der Waals surface area (Å²) in [6, 6.07) is 8.38. The fourth-order valence-corrected chi connectivity index (χ4v) is 4.02. The topological polar surface area (TPSA) is 68.9 Å². The van der Waals surface area contributed by atoms with Crippen LogP contribution in [0.1, 0.15) is 29.8 Å². The van der Waals surface area contributed by atoms with Crippen molar-refractivity contribution in [3.05, 3.63) is 41.3 Å². The van der Waals surface area contributed by atoms with Crippen LogP contribution in [-0.4, -0.2) is 40.6 Å². The van der Waals surface area contributed by atoms with E-state index < -0.39 is 0 Å². The molecule has 0 radical (unpaired) electrons. The number of anilines is 2. The summed E-state index contributed by atoms with van der Waals surface area (Å²) in [5.74, 6) is 2.29. The zero-order valence-corrected chi connectivity index (χ0v) is 14.7. The van der Waals surface area contributed by atoms with Gasteiger partial charge in [0.2, 0.25) is 5.95 Å². The highest BCUT2D eigenvalue weighted by Gasteiger charge is 2.40. The normalized spacial score (nSPS) is 22.6. The molecule has 0 bridgehead atoms. The molecule has 128 valence electrons. The number of pyridine rings is 1. The number of aromatic nitrogens is 3. The summed E-state index contributed by atoms with van der Waals surface area (Å²) in [5, 5.41) is 9.48. The zero-order chi connectivity index (χ0) is 17.4. The van der Waals surface area contributed by atoms with E-state index in [4.69, 9.17) is 0 Å². The second kappa shape index (κ2) is 6.32. The number of rotatable bonds is 2. The molecule has 2 aromatic rings. The summed E-state index contributed by atoms with van der Waals surface area (Å²) >= 11 is 0. The molecule has 6 heteroatoms. The van der Waals surface area contributed by atoms with Crippen LogP contribution in [0, 0.1) is 31.1 Å². The lowest BCUT2D eigenvalue weighted by Gasteiger charge is -2.39. The largest absolute Gasteiger partial charge is 0.350 e. The van der Waals surface area contributed by atoms with Crippen LogP contribution in [0.4, 0.5) is 11.8 Å². The minimum Gasteiger partial charge on any atom is -0.350 e. The lowest BCUT2D eigenvalue weighted by molar-refractivity contribution is 0.386. The first-order valence-electron chi connectivity index (χ1n) is 8.84. The van der Waals surface area contributed by atoms with Crippen molar-refractivity contribution < 1.29 is 0 Å². The number of fused-ring (bicyclic) bond motifs is 1. The Bertz CT molecular complexity index is 827. The van der Waals surface area contributed by atoms with Crippen molar-refractivity contribution in [1.29, 1.82) is 5.26 Å². The van der Waals surface area contributed by atoms with E-state index in [-0.39, 0.29) is 0 Å². The summed E-state index contributed by atoms with van der Waals surface area (Å²) in [5.41, 5.74) is 2.60. The molecule has 2 aromatic heterocycles. The van der Waals surface area contributed by atoms with E-state index in [9.17, 15) is 5.26 Å². The van der Waals surface area contributed by atoms with Gasteiger partial charge in [-0.15, -0.1) is 0 Å². The SMILES string of the molecule is Cc1ccnc(N2CCC3CCN(c4nc(C)ccc4C#N)C3C2)n1. The first-order chi connectivity index (χ1) is 12.2. The average Bonchev–Trinajstić information content (AvgIpc) is 3.04. The number of nitriles is 1. The second-order valence-electron chi connectivity index (χ2n) is 6.98. The summed E-state index contributed by atoms with van der Waals surface area (Å²) in [6.07, 6.45) is 4.12. The minimum absolute atomic E-state index is 0.360. The Balaban J connectivity index is 1.63. The maximum atomic E-state index is 9.48. The summed E-state index contributed by atoms with van der Waals surface area (Å²) < 4.78 is 0. The maximum absolute atomic E-state index is 9.48. The fraction of sp³-hybridized carbons (Fsp3) is 0.474. The molecule has 25 heavy (non-hydrogen) atoms. The summed E-state index contributed by atoms with van der Waals surface area (Å²) in [6.45, 7) is 6.81. The molecule has 2 aliphatic rings. The number of aryl methyl sites for hydroxylation is 2. The quantitative estimate of drug-likeness (QED) is 0.840. The van der Waals surface area contributed by atoms with Crippen molar-refractivity contribution in [3.63, 3.8) is 0 Å². The van der Waals surface area contributed by atoms with Gasteiger partial charge >= 0.3 is 0 Å². The lowest BCUT2D eigenvalue weighted by Crippen LogP contribution is -2.49. The third-order valence-electron chi connectivity index (χ3n) is 5.33. The number of hydrogen-bond acceptors (Lipinski definition) is 6. The predicted molar refractivity (Wildman–Crippen MR) is 96.5 cm³/mol. The van der Waals surface area contributed by atoms with Gasteiger partial charge in [0.05, 0.1) is 11.6 Å². The van der Waals surface area contributed by atoms with E-state index in [0.717, 1.165) is 55.6 Å². The molecule has 4 rings (SSSR count). The molecule has 0 spiro atoms. The fourth-order valence-electron chi connectivity index (χ4n) is 4.02. The first-order valence-corrected chi connectivity index (χ1v) is 8.84. The van der Waals surface area contributed by atoms with Gasteiger partial charge in [-0.3, -0.25) is 0 Å². The van der Waals surface area contributed by atoms with Crippen LogP contribution in [0.2, 0.25) is 0 Å². The molecule has 2 saturated heterocycles. The molecule has 0 saturated carbocycles. The van der Waals surface area contributed by atoms with Crippen molar-refractivity contribution in [3.8, 4) is 6.07 Å². The van der Waals surface area contributed by atoms with Gasteiger partial charge in [0.15, 0.2) is 0 Å². The van der Waals surface area contributed by atoms with Crippen LogP contribution in [0.3, 0.4) is 0 Å². The number of nitrogens with zero attached hydrogens (tertiary/aromatic N) is 6. The van der Waals surface area contributed by atoms with Crippen LogP contribution in [0.25, 0.3) is 0 Å². The van der Waals surface area contributed by atoms with Crippen molar-refractivity contribution in [1.82, 2.24) is 15.0 Å². The highest BCUT2D eigenvalue weighted by atomic mass is 15.3. The van der Waals surface area contributed by atoms with E-state index in [1.807, 2.05) is 38.2 Å². The molecule has 2 atom stereocenters. The third-order valence-corrected chi connectivity index (χ3v) is 5.33. The van der Waals surface area contributed by atoms with Gasteiger partial charge in [-0.1, -0.05) is 0 Å². The van der Waals surface area contributed by atoms with E-state index in [2.05, 4.69) is 30.8 Å². The van der Waals surface area contributed by atoms with E-state index >= 15 is 0 Å². The number of hydrogen-bond donors (Lipinski definition) is 0. The Morgan fingerprint density at radius 3 is 2.68 bits per heavy atom. The van der Waals surface area contributed by atoms with Crippen LogP contribution >= 0.6 is 0 Å². The average molecular weight is 334 g/mol. The van der Waals surface area contributed by atoms with Gasteiger partial charge in [0.25, 0.3) is 0 Å². The van der Waals surface area contributed by atoms with Crippen molar-refractivity contribution in [2.45, 2.75) is 32.7 Å². The van der Waals surface area contributed by atoms with Crippen LogP contribution in [0.5, 0.6) is 0 Å². The van der Waals surface area contributed by atoms with E-state index in [1.54, 1.807) is 0 Å². The zero-order valence-electron chi connectivity index (χ0n) is 14.7. The Labute approximate surface area is 148 Å². The van der Waals surface area contributed by atoms with Crippen molar-refractivity contribution >= 4 is 11.8 Å². The maximum Gasteiger partial charge on any atom is 0.225 e. The molecular formula is C19H22N6. The molecular weight excluding hydrogens is 312 g/mol. The Morgan fingerprint density at radius 1 is 1.08 bits per heavy atom. The van der Waals surface area contributed by atoms with Gasteiger partial charge in [-0.05, 0) is 50.8 Å². The van der Waals surface area contributed by atoms with Gasteiger partial charge in [0, 0.05) is 37.2 Å². The molecule has 4 heterocycles. The lowest BCUT2D eigenvalue weighted by atomic mass is 9.92. The smallest absolute Gasteiger partial charge is 0.225 e. The summed E-state index contributed by atoms with van der Waals surface area (Å²) in [4.78, 5) is 18.3. The van der Waals surface area contributed by atoms with Crippen LogP contribution in [0.15, 0.2) is 24.4 Å². The van der Waals surface area contributed by atoms with Gasteiger partial charge in [-0.2, -0.15) is 5.26 Å². The molecule has 0 aromatic carbocycles. The molecule has 6 nitrogen and oxygen atoms in total. The van der Waals surface area contributed by atoms with Crippen molar-refractivity contribution in [2.75, 3.05) is 29.4 Å². The molecule has 2 fully saturated rings. The molecule has 2 unspecified atom stereocenters. The first kappa shape index (κ1) is 15.8. The standard InChI is InChI=1S/C19H22N6/c1-13-3-4-16(11-20)18(22-13)25-10-7-15-6-9-24(12-17(15)25)19-21-8-5-14(2)23-19/h3-5,8,15,17H,6-7,9-10,12H2,1-2H3. The van der Waals surface area contributed by atoms with Crippen LogP contribution < -0.4 is 9.80 Å². The van der Waals surface area contributed by atoms with E-state index in [0.29, 0.717) is 17.5 Å². The Kier molecular flexibility index (Phi) is 4.00. The Hall–Kier alpha value is -2.68. The molecule has 0 N–H and O–H groups in total. The second-order valence-corrected chi connectivity index (χ2v) is 6.98. The van der Waals surface area contributed by atoms with Gasteiger partial charge < -0.3 is 9.80 Å². The highest BCUT2D eigenvalue weighted by Crippen LogP contribution is 2.36. The van der Waals surface area contributed by atoms with Crippen molar-refractivity contribution in [2.24, 2.45) is 5.92 Å². The van der Waals surface area contributed by atoms with Crippen LogP contribution in [-0.2, 0) is 0 Å². The highest BCUT2D eigenvalue weighted by molar-refractivity contribution is 5.56.